The Morgan fingerprint density at radius 3 is 2.19 bits per heavy atom. The smallest absolute Gasteiger partial charge is 0.231 e. The number of nitrogens with zero attached hydrogens (tertiary/aromatic N) is 1. The molecule has 0 aromatic heterocycles. The van der Waals surface area contributed by atoms with Crippen LogP contribution in [0.3, 0.4) is 0 Å². The molecule has 1 amide bonds. The average Bonchev–Trinajstić information content (AvgIpc) is 2.10. The normalized spacial score (nSPS) is 12.1. The Morgan fingerprint density at radius 1 is 1.38 bits per heavy atom. The van der Waals surface area contributed by atoms with Crippen LogP contribution in [0, 0.1) is 5.41 Å². The molecule has 0 aliphatic rings. The summed E-state index contributed by atoms with van der Waals surface area (Å²) in [6.07, 6.45) is 0.827. The van der Waals surface area contributed by atoms with Crippen molar-refractivity contribution in [2.24, 2.45) is 16.9 Å². The van der Waals surface area contributed by atoms with E-state index in [2.05, 4.69) is 0 Å². The number of nitrogens with two attached hydrogens (primary N) is 2. The molecule has 0 aliphatic heterocycles. The Morgan fingerprint density at radius 2 is 1.88 bits per heavy atom. The molecular weight excluding hydrogens is 222 g/mol. The minimum Gasteiger partial charge on any atom is -0.393 e. The summed E-state index contributed by atoms with van der Waals surface area (Å²) in [6.45, 7) is 9.15. The van der Waals surface area contributed by atoms with Gasteiger partial charge in [0.1, 0.15) is 0 Å². The molecule has 0 bridgehead atoms. The molecule has 0 spiro atoms. The summed E-state index contributed by atoms with van der Waals surface area (Å²) in [6, 6.07) is 0.287. The fourth-order valence-electron chi connectivity index (χ4n) is 1.27. The first kappa shape index (κ1) is 15.3. The van der Waals surface area contributed by atoms with Crippen LogP contribution in [0.5, 0.6) is 0 Å². The van der Waals surface area contributed by atoms with E-state index in [9.17, 15) is 4.79 Å². The van der Waals surface area contributed by atoms with Crippen LogP contribution in [0.15, 0.2) is 0 Å². The Hall–Kier alpha value is -0.680. The van der Waals surface area contributed by atoms with Crippen LogP contribution in [0.1, 0.15) is 34.1 Å². The van der Waals surface area contributed by atoms with Gasteiger partial charge in [-0.2, -0.15) is 0 Å². The number of carbonyl (C=O) groups is 1. The van der Waals surface area contributed by atoms with E-state index in [1.54, 1.807) is 0 Å². The highest BCUT2D eigenvalue weighted by Gasteiger charge is 2.23. The fourth-order valence-corrected chi connectivity index (χ4v) is 1.37. The van der Waals surface area contributed by atoms with Crippen molar-refractivity contribution in [3.05, 3.63) is 0 Å². The Balaban J connectivity index is 4.32. The molecule has 94 valence electrons. The minimum atomic E-state index is -0.304. The third kappa shape index (κ3) is 5.42. The van der Waals surface area contributed by atoms with E-state index in [4.69, 9.17) is 23.7 Å². The SMILES string of the molecule is CC(C)N(CCC(C)(C)C(N)=S)CC(N)=O. The second-order valence-corrected chi connectivity index (χ2v) is 5.47. The van der Waals surface area contributed by atoms with Crippen LogP contribution in [0.2, 0.25) is 0 Å². The average molecular weight is 245 g/mol. The van der Waals surface area contributed by atoms with Gasteiger partial charge in [-0.1, -0.05) is 26.1 Å². The van der Waals surface area contributed by atoms with E-state index in [1.807, 2.05) is 32.6 Å². The molecule has 0 atom stereocenters. The van der Waals surface area contributed by atoms with Crippen LogP contribution in [-0.2, 0) is 4.79 Å². The zero-order valence-corrected chi connectivity index (χ0v) is 11.4. The zero-order chi connectivity index (χ0) is 12.9. The topological polar surface area (TPSA) is 72.3 Å². The Labute approximate surface area is 103 Å². The first-order valence-corrected chi connectivity index (χ1v) is 5.90. The maximum absolute atomic E-state index is 10.9. The third-order valence-electron chi connectivity index (χ3n) is 2.78. The quantitative estimate of drug-likeness (QED) is 0.653. The number of carbonyl (C=O) groups excluding carboxylic acids is 1. The van der Waals surface area contributed by atoms with E-state index in [0.717, 1.165) is 13.0 Å². The van der Waals surface area contributed by atoms with Crippen LogP contribution < -0.4 is 11.5 Å². The summed E-state index contributed by atoms with van der Waals surface area (Å²) >= 11 is 5.00. The largest absolute Gasteiger partial charge is 0.393 e. The molecule has 0 aliphatic carbocycles. The summed E-state index contributed by atoms with van der Waals surface area (Å²) in [5.74, 6) is -0.304. The number of primary amides is 1. The molecule has 0 saturated heterocycles. The molecule has 16 heavy (non-hydrogen) atoms. The maximum Gasteiger partial charge on any atom is 0.231 e. The van der Waals surface area contributed by atoms with Gasteiger partial charge in [0, 0.05) is 11.5 Å². The molecule has 0 saturated carbocycles. The van der Waals surface area contributed by atoms with Gasteiger partial charge in [0.15, 0.2) is 0 Å². The van der Waals surface area contributed by atoms with Gasteiger partial charge >= 0.3 is 0 Å². The van der Waals surface area contributed by atoms with E-state index < -0.39 is 0 Å². The molecule has 0 aromatic rings. The van der Waals surface area contributed by atoms with Crippen molar-refractivity contribution in [2.45, 2.75) is 40.2 Å². The number of amides is 1. The van der Waals surface area contributed by atoms with Crippen molar-refractivity contribution < 1.29 is 4.79 Å². The molecule has 0 fully saturated rings. The first-order chi connectivity index (χ1) is 7.16. The van der Waals surface area contributed by atoms with Gasteiger partial charge < -0.3 is 11.5 Å². The van der Waals surface area contributed by atoms with Gasteiger partial charge in [0.05, 0.1) is 11.5 Å². The molecule has 5 heteroatoms. The molecule has 4 N–H and O–H groups in total. The van der Waals surface area contributed by atoms with Crippen molar-refractivity contribution in [3.63, 3.8) is 0 Å². The molecule has 0 aromatic carbocycles. The van der Waals surface area contributed by atoms with Gasteiger partial charge in [-0.15, -0.1) is 0 Å². The highest BCUT2D eigenvalue weighted by atomic mass is 32.1. The molecular formula is C11H23N3OS. The van der Waals surface area contributed by atoms with E-state index >= 15 is 0 Å². The predicted octanol–water partition coefficient (Wildman–Crippen LogP) is 0.885. The second-order valence-electron chi connectivity index (χ2n) is 5.03. The van der Waals surface area contributed by atoms with Crippen LogP contribution in [0.4, 0.5) is 0 Å². The number of hydrogen-bond acceptors (Lipinski definition) is 3. The predicted molar refractivity (Wildman–Crippen MR) is 71.1 cm³/mol. The van der Waals surface area contributed by atoms with E-state index in [0.29, 0.717) is 4.99 Å². The lowest BCUT2D eigenvalue weighted by Crippen LogP contribution is -2.42. The summed E-state index contributed by atoms with van der Waals surface area (Å²) in [4.78, 5) is 13.4. The molecule has 0 heterocycles. The molecule has 0 radical (unpaired) electrons. The highest BCUT2D eigenvalue weighted by Crippen LogP contribution is 2.21. The zero-order valence-electron chi connectivity index (χ0n) is 10.6. The number of thiocarbonyl (C=S) groups is 1. The summed E-state index contributed by atoms with van der Waals surface area (Å²) in [5.41, 5.74) is 10.7. The van der Waals surface area contributed by atoms with Crippen molar-refractivity contribution in [2.75, 3.05) is 13.1 Å². The first-order valence-electron chi connectivity index (χ1n) is 5.49. The summed E-state index contributed by atoms with van der Waals surface area (Å²) in [5, 5.41) is 0. The van der Waals surface area contributed by atoms with Crippen LogP contribution in [0.25, 0.3) is 0 Å². The van der Waals surface area contributed by atoms with Crippen LogP contribution in [-0.4, -0.2) is 34.9 Å². The standard InChI is InChI=1S/C11H23N3OS/c1-8(2)14(7-9(12)15)6-5-11(3,4)10(13)16/h8H,5-7H2,1-4H3,(H2,12,15)(H2,13,16). The third-order valence-corrected chi connectivity index (χ3v) is 3.33. The molecule has 4 nitrogen and oxygen atoms in total. The van der Waals surface area contributed by atoms with Crippen molar-refractivity contribution in [1.82, 2.24) is 4.90 Å². The fraction of sp³-hybridized carbons (Fsp3) is 0.818. The van der Waals surface area contributed by atoms with Gasteiger partial charge in [0.2, 0.25) is 5.91 Å². The van der Waals surface area contributed by atoms with Gasteiger partial charge in [-0.3, -0.25) is 9.69 Å². The minimum absolute atomic E-state index is 0.180. The summed E-state index contributed by atoms with van der Waals surface area (Å²) < 4.78 is 0. The Kier molecular flexibility index (Phi) is 5.89. The van der Waals surface area contributed by atoms with Crippen molar-refractivity contribution >= 4 is 23.1 Å². The summed E-state index contributed by atoms with van der Waals surface area (Å²) in [7, 11) is 0. The van der Waals surface area contributed by atoms with Gasteiger partial charge in [-0.05, 0) is 26.8 Å². The highest BCUT2D eigenvalue weighted by molar-refractivity contribution is 7.80. The maximum atomic E-state index is 10.9. The van der Waals surface area contributed by atoms with Crippen molar-refractivity contribution in [3.8, 4) is 0 Å². The van der Waals surface area contributed by atoms with Crippen molar-refractivity contribution in [1.29, 1.82) is 0 Å². The van der Waals surface area contributed by atoms with Crippen LogP contribution >= 0.6 is 12.2 Å². The lowest BCUT2D eigenvalue weighted by molar-refractivity contribution is -0.119. The Bertz CT molecular complexity index is 264. The number of hydrogen-bond donors (Lipinski definition) is 2. The monoisotopic (exact) mass is 245 g/mol. The lowest BCUT2D eigenvalue weighted by Gasteiger charge is -2.30. The number of rotatable bonds is 7. The van der Waals surface area contributed by atoms with Gasteiger partial charge in [-0.25, -0.2) is 0 Å². The molecule has 0 rings (SSSR count). The van der Waals surface area contributed by atoms with E-state index in [-0.39, 0.29) is 23.9 Å². The van der Waals surface area contributed by atoms with E-state index in [1.165, 1.54) is 0 Å². The molecule has 0 unspecified atom stereocenters. The lowest BCUT2D eigenvalue weighted by atomic mass is 9.89. The second kappa shape index (κ2) is 6.15. The van der Waals surface area contributed by atoms with Gasteiger partial charge in [0.25, 0.3) is 0 Å².